The van der Waals surface area contributed by atoms with E-state index < -0.39 is 0 Å². The zero-order valence-corrected chi connectivity index (χ0v) is 32.1. The molecule has 6 rings (SSSR count). The first-order valence-corrected chi connectivity index (χ1v) is 17.5. The number of hydrogen-bond donors (Lipinski definition) is 0. The molecule has 0 bridgehead atoms. The van der Waals surface area contributed by atoms with Gasteiger partial charge in [0.15, 0.2) is 0 Å². The molecule has 1 atom stereocenters. The lowest BCUT2D eigenvalue weighted by Gasteiger charge is -2.06. The molecule has 0 amide bonds. The molecule has 254 valence electrons. The van der Waals surface area contributed by atoms with Gasteiger partial charge in [-0.15, -0.1) is 0 Å². The van der Waals surface area contributed by atoms with E-state index in [0.717, 1.165) is 5.92 Å². The molecule has 0 spiro atoms. The van der Waals surface area contributed by atoms with Crippen molar-refractivity contribution in [3.8, 4) is 11.1 Å². The Morgan fingerprint density at radius 3 is 0.729 bits per heavy atom. The van der Waals surface area contributed by atoms with Crippen LogP contribution in [0.5, 0.6) is 0 Å². The second kappa shape index (κ2) is 23.8. The van der Waals surface area contributed by atoms with Crippen LogP contribution < -0.4 is 0 Å². The smallest absolute Gasteiger partial charge is 0.0184 e. The summed E-state index contributed by atoms with van der Waals surface area (Å²) in [5, 5.41) is 0. The van der Waals surface area contributed by atoms with E-state index in [0.29, 0.717) is 0 Å². The maximum atomic E-state index is 2.28. The highest BCUT2D eigenvalue weighted by molar-refractivity contribution is 5.63. The summed E-state index contributed by atoms with van der Waals surface area (Å²) in [6, 6.07) is 42.7. The van der Waals surface area contributed by atoms with Crippen molar-refractivity contribution >= 4 is 0 Å². The van der Waals surface area contributed by atoms with Crippen LogP contribution in [0.2, 0.25) is 0 Å². The van der Waals surface area contributed by atoms with Crippen molar-refractivity contribution in [1.82, 2.24) is 0 Å². The normalized spacial score (nSPS) is 12.3. The Labute approximate surface area is 295 Å². The van der Waals surface area contributed by atoms with Crippen LogP contribution in [0.15, 0.2) is 145 Å². The standard InChI is InChI=1S/C14H14.C8H12.3C8H10.C2H6/c1-11-3-7-13(8-4-11)14-9-5-12(2)6-10-14;4*1-7-3-5-8(2)6-4-7;1-2/h3-10H,1-2H3;3-5,8H,6H2,1-2H3;3*3-6H,1-2H3;1-2H3. The van der Waals surface area contributed by atoms with Crippen LogP contribution in [0.1, 0.15) is 78.6 Å². The molecule has 5 aromatic rings. The minimum atomic E-state index is 0.763. The van der Waals surface area contributed by atoms with Gasteiger partial charge < -0.3 is 0 Å². The summed E-state index contributed by atoms with van der Waals surface area (Å²) >= 11 is 0. The predicted octanol–water partition coefficient (Wildman–Crippen LogP) is 14.4. The fourth-order valence-corrected chi connectivity index (χ4v) is 4.24. The van der Waals surface area contributed by atoms with Crippen LogP contribution in [-0.2, 0) is 0 Å². The Morgan fingerprint density at radius 1 is 0.354 bits per heavy atom. The van der Waals surface area contributed by atoms with Gasteiger partial charge in [-0.1, -0.05) is 210 Å². The number of allylic oxidation sites excluding steroid dienone is 4. The highest BCUT2D eigenvalue weighted by atomic mass is 14.0. The van der Waals surface area contributed by atoms with Crippen molar-refractivity contribution in [1.29, 1.82) is 0 Å². The average molecular weight is 639 g/mol. The van der Waals surface area contributed by atoms with Crippen LogP contribution in [0.4, 0.5) is 0 Å². The SMILES string of the molecule is CC.CC1=CCC(C)C=C1.Cc1ccc(-c2ccc(C)cc2)cc1.Cc1ccc(C)cc1.Cc1ccc(C)cc1.Cc1ccc(C)cc1. The number of aryl methyl sites for hydroxylation is 8. The van der Waals surface area contributed by atoms with E-state index in [2.05, 4.69) is 209 Å². The van der Waals surface area contributed by atoms with Crippen molar-refractivity contribution in [2.75, 3.05) is 0 Å². The van der Waals surface area contributed by atoms with Crippen LogP contribution >= 0.6 is 0 Å². The third kappa shape index (κ3) is 19.3. The Morgan fingerprint density at radius 2 is 0.562 bits per heavy atom. The summed E-state index contributed by atoms with van der Waals surface area (Å²) in [4.78, 5) is 0. The predicted molar refractivity (Wildman–Crippen MR) is 217 cm³/mol. The topological polar surface area (TPSA) is 0 Å². The molecule has 0 saturated carbocycles. The molecule has 48 heavy (non-hydrogen) atoms. The Hall–Kier alpha value is -4.42. The second-order valence-corrected chi connectivity index (χ2v) is 12.7. The third-order valence-electron chi connectivity index (χ3n) is 7.59. The highest BCUT2D eigenvalue weighted by Gasteiger charge is 1.98. The molecule has 1 unspecified atom stereocenters. The molecule has 0 heterocycles. The first kappa shape index (κ1) is 41.6. The molecular formula is C48H62. The Balaban J connectivity index is 0.000000303. The van der Waals surface area contributed by atoms with Crippen molar-refractivity contribution in [3.05, 3.63) is 190 Å². The molecule has 5 aromatic carbocycles. The monoisotopic (exact) mass is 638 g/mol. The molecular weight excluding hydrogens is 577 g/mol. The van der Waals surface area contributed by atoms with E-state index in [9.17, 15) is 0 Å². The zero-order valence-electron chi connectivity index (χ0n) is 32.1. The van der Waals surface area contributed by atoms with E-state index >= 15 is 0 Å². The lowest BCUT2D eigenvalue weighted by atomic mass is 10.00. The lowest BCUT2D eigenvalue weighted by Crippen LogP contribution is -1.91. The van der Waals surface area contributed by atoms with Gasteiger partial charge >= 0.3 is 0 Å². The van der Waals surface area contributed by atoms with Gasteiger partial charge in [-0.2, -0.15) is 0 Å². The van der Waals surface area contributed by atoms with Gasteiger partial charge in [0, 0.05) is 0 Å². The molecule has 0 aromatic heterocycles. The summed E-state index contributed by atoms with van der Waals surface area (Å²) in [5.74, 6) is 0.763. The van der Waals surface area contributed by atoms with Crippen LogP contribution in [-0.4, -0.2) is 0 Å². The molecule has 0 radical (unpaired) electrons. The lowest BCUT2D eigenvalue weighted by molar-refractivity contribution is 0.731. The highest BCUT2D eigenvalue weighted by Crippen LogP contribution is 2.20. The van der Waals surface area contributed by atoms with Crippen LogP contribution in [0, 0.1) is 61.3 Å². The summed E-state index contributed by atoms with van der Waals surface area (Å²) < 4.78 is 0. The molecule has 1 aliphatic rings. The van der Waals surface area contributed by atoms with Gasteiger partial charge in [0.05, 0.1) is 0 Å². The largest absolute Gasteiger partial charge is 0.0811 e. The minimum absolute atomic E-state index is 0.763. The average Bonchev–Trinajstić information content (AvgIpc) is 3.09. The Kier molecular flexibility index (Phi) is 20.7. The molecule has 0 fully saturated rings. The molecule has 0 aliphatic heterocycles. The van der Waals surface area contributed by atoms with Crippen molar-refractivity contribution in [2.24, 2.45) is 5.92 Å². The summed E-state index contributed by atoms with van der Waals surface area (Å²) in [6.45, 7) is 25.2. The first-order valence-electron chi connectivity index (χ1n) is 17.5. The number of hydrogen-bond acceptors (Lipinski definition) is 0. The van der Waals surface area contributed by atoms with E-state index in [1.807, 2.05) is 13.8 Å². The van der Waals surface area contributed by atoms with Gasteiger partial charge in [0.2, 0.25) is 0 Å². The van der Waals surface area contributed by atoms with Crippen molar-refractivity contribution in [3.63, 3.8) is 0 Å². The van der Waals surface area contributed by atoms with E-state index in [-0.39, 0.29) is 0 Å². The minimum Gasteiger partial charge on any atom is -0.0811 e. The molecule has 0 N–H and O–H groups in total. The van der Waals surface area contributed by atoms with Crippen molar-refractivity contribution in [2.45, 2.75) is 89.5 Å². The summed E-state index contributed by atoms with van der Waals surface area (Å²) in [5.41, 5.74) is 14.6. The maximum absolute atomic E-state index is 2.28. The van der Waals surface area contributed by atoms with Gasteiger partial charge in [0.25, 0.3) is 0 Å². The van der Waals surface area contributed by atoms with Gasteiger partial charge in [-0.05, 0) is 85.8 Å². The molecule has 0 nitrogen and oxygen atoms in total. The van der Waals surface area contributed by atoms with Gasteiger partial charge in [-0.3, -0.25) is 0 Å². The van der Waals surface area contributed by atoms with Crippen LogP contribution in [0.25, 0.3) is 11.1 Å². The van der Waals surface area contributed by atoms with Crippen LogP contribution in [0.3, 0.4) is 0 Å². The van der Waals surface area contributed by atoms with E-state index in [4.69, 9.17) is 0 Å². The van der Waals surface area contributed by atoms with E-state index in [1.165, 1.54) is 67.6 Å². The van der Waals surface area contributed by atoms with Gasteiger partial charge in [-0.25, -0.2) is 0 Å². The third-order valence-corrected chi connectivity index (χ3v) is 7.59. The Bertz CT molecular complexity index is 1370. The quantitative estimate of drug-likeness (QED) is 0.171. The molecule has 1 aliphatic carbocycles. The molecule has 0 heteroatoms. The van der Waals surface area contributed by atoms with Gasteiger partial charge in [0.1, 0.15) is 0 Å². The first-order chi connectivity index (χ1) is 22.9. The summed E-state index contributed by atoms with van der Waals surface area (Å²) in [7, 11) is 0. The maximum Gasteiger partial charge on any atom is -0.0184 e. The summed E-state index contributed by atoms with van der Waals surface area (Å²) in [6.07, 6.45) is 7.95. The van der Waals surface area contributed by atoms with Crippen molar-refractivity contribution < 1.29 is 0 Å². The van der Waals surface area contributed by atoms with E-state index in [1.54, 1.807) is 0 Å². The number of rotatable bonds is 1. The fraction of sp³-hybridized carbons (Fsp3) is 0.292. The fourth-order valence-electron chi connectivity index (χ4n) is 4.24. The number of benzene rings is 5. The second-order valence-electron chi connectivity index (χ2n) is 12.7. The zero-order chi connectivity index (χ0) is 35.9. The molecule has 0 saturated heterocycles.